The van der Waals surface area contributed by atoms with Crippen LogP contribution in [0.15, 0.2) is 66.7 Å². The maximum Gasteiger partial charge on any atom is 0.306 e. The van der Waals surface area contributed by atoms with E-state index in [9.17, 15) is 13.6 Å². The van der Waals surface area contributed by atoms with Crippen molar-refractivity contribution in [1.82, 2.24) is 0 Å². The van der Waals surface area contributed by atoms with Gasteiger partial charge in [-0.3, -0.25) is 4.79 Å². The average Bonchev–Trinajstić information content (AvgIpc) is 2.76. The fourth-order valence-corrected chi connectivity index (χ4v) is 3.30. The Bertz CT molecular complexity index is 998. The van der Waals surface area contributed by atoms with Gasteiger partial charge in [0.25, 0.3) is 0 Å². The van der Waals surface area contributed by atoms with Crippen LogP contribution in [-0.2, 0) is 17.6 Å². The van der Waals surface area contributed by atoms with Crippen LogP contribution in [0.1, 0.15) is 30.9 Å². The second-order valence-electron chi connectivity index (χ2n) is 7.70. The average molecular weight is 424 g/mol. The number of halogens is 2. The number of hydrogen-bond donors (Lipinski definition) is 1. The van der Waals surface area contributed by atoms with Crippen molar-refractivity contribution >= 4 is 5.97 Å². The van der Waals surface area contributed by atoms with Gasteiger partial charge in [-0.1, -0.05) is 43.3 Å². The summed E-state index contributed by atoms with van der Waals surface area (Å²) in [6.45, 7) is 2.29. The molecule has 0 saturated heterocycles. The Kier molecular flexibility index (Phi) is 7.76. The first-order valence-electron chi connectivity index (χ1n) is 10.4. The number of hydrogen-bond acceptors (Lipinski definition) is 2. The van der Waals surface area contributed by atoms with E-state index >= 15 is 0 Å². The summed E-state index contributed by atoms with van der Waals surface area (Å²) in [5, 5.41) is 8.95. The van der Waals surface area contributed by atoms with E-state index in [4.69, 9.17) is 9.84 Å². The predicted molar refractivity (Wildman–Crippen MR) is 117 cm³/mol. The lowest BCUT2D eigenvalue weighted by molar-refractivity contribution is -0.141. The van der Waals surface area contributed by atoms with Crippen LogP contribution in [0.5, 0.6) is 5.75 Å². The summed E-state index contributed by atoms with van der Waals surface area (Å²) in [6, 6.07) is 18.9. The fraction of sp³-hybridized carbons (Fsp3) is 0.269. The maximum absolute atomic E-state index is 13.9. The highest BCUT2D eigenvalue weighted by atomic mass is 19.1. The lowest BCUT2D eigenvalue weighted by atomic mass is 9.99. The van der Waals surface area contributed by atoms with E-state index in [1.807, 2.05) is 0 Å². The third-order valence-electron chi connectivity index (χ3n) is 5.29. The first-order chi connectivity index (χ1) is 14.9. The van der Waals surface area contributed by atoms with E-state index < -0.39 is 17.6 Å². The van der Waals surface area contributed by atoms with Gasteiger partial charge in [-0.25, -0.2) is 8.78 Å². The van der Waals surface area contributed by atoms with Gasteiger partial charge in [0, 0.05) is 11.6 Å². The van der Waals surface area contributed by atoms with Crippen LogP contribution in [0, 0.1) is 17.6 Å². The minimum Gasteiger partial charge on any atom is -0.494 e. The normalized spacial score (nSPS) is 11.8. The molecule has 0 heterocycles. The molecule has 0 fully saturated rings. The monoisotopic (exact) mass is 424 g/mol. The summed E-state index contributed by atoms with van der Waals surface area (Å²) in [6.07, 6.45) is 3.12. The molecule has 1 atom stereocenters. The molecule has 5 heteroatoms. The van der Waals surface area contributed by atoms with Gasteiger partial charge in [0.1, 0.15) is 17.4 Å². The van der Waals surface area contributed by atoms with Crippen molar-refractivity contribution in [3.63, 3.8) is 0 Å². The van der Waals surface area contributed by atoms with Crippen LogP contribution in [0.25, 0.3) is 11.1 Å². The summed E-state index contributed by atoms with van der Waals surface area (Å²) >= 11 is 0. The molecule has 0 radical (unpaired) electrons. The Balaban J connectivity index is 1.43. The molecule has 3 aromatic rings. The van der Waals surface area contributed by atoms with Gasteiger partial charge in [-0.2, -0.15) is 0 Å². The largest absolute Gasteiger partial charge is 0.494 e. The zero-order valence-corrected chi connectivity index (χ0v) is 17.5. The Morgan fingerprint density at radius 2 is 1.58 bits per heavy atom. The smallest absolute Gasteiger partial charge is 0.306 e. The molecule has 0 aliphatic carbocycles. The van der Waals surface area contributed by atoms with Gasteiger partial charge in [0.2, 0.25) is 0 Å². The first kappa shape index (κ1) is 22.5. The summed E-state index contributed by atoms with van der Waals surface area (Å²) in [4.78, 5) is 10.9. The Morgan fingerprint density at radius 1 is 0.935 bits per heavy atom. The Hall–Kier alpha value is -3.21. The number of ether oxygens (including phenoxy) is 1. The van der Waals surface area contributed by atoms with Crippen LogP contribution >= 0.6 is 0 Å². The topological polar surface area (TPSA) is 46.5 Å². The molecule has 0 aliphatic rings. The summed E-state index contributed by atoms with van der Waals surface area (Å²) < 4.78 is 32.7. The number of aliphatic carboxylic acids is 1. The fourth-order valence-electron chi connectivity index (χ4n) is 3.30. The maximum atomic E-state index is 13.9. The van der Waals surface area contributed by atoms with Crippen LogP contribution in [0.4, 0.5) is 8.78 Å². The van der Waals surface area contributed by atoms with E-state index in [0.29, 0.717) is 29.9 Å². The third kappa shape index (κ3) is 6.64. The Labute approximate surface area is 181 Å². The molecule has 31 heavy (non-hydrogen) atoms. The Morgan fingerprint density at radius 3 is 2.19 bits per heavy atom. The van der Waals surface area contributed by atoms with Gasteiger partial charge < -0.3 is 9.84 Å². The van der Waals surface area contributed by atoms with E-state index in [1.165, 1.54) is 17.7 Å². The van der Waals surface area contributed by atoms with E-state index in [2.05, 4.69) is 24.3 Å². The zero-order chi connectivity index (χ0) is 22.2. The zero-order valence-electron chi connectivity index (χ0n) is 17.5. The van der Waals surface area contributed by atoms with Crippen LogP contribution in [-0.4, -0.2) is 17.7 Å². The SMILES string of the molecule is C[C@H](CCc1ccc(CCCOc2ccc(-c3ccc(F)cc3F)cc2)cc1)C(=O)O. The molecule has 0 aliphatic heterocycles. The van der Waals surface area contributed by atoms with Crippen molar-refractivity contribution in [2.45, 2.75) is 32.6 Å². The minimum atomic E-state index is -0.756. The number of carbonyl (C=O) groups is 1. The molecular weight excluding hydrogens is 398 g/mol. The minimum absolute atomic E-state index is 0.333. The van der Waals surface area contributed by atoms with Crippen molar-refractivity contribution in [2.75, 3.05) is 6.61 Å². The second kappa shape index (κ2) is 10.7. The van der Waals surface area contributed by atoms with Crippen LogP contribution in [0.3, 0.4) is 0 Å². The number of benzene rings is 3. The quantitative estimate of drug-likeness (QED) is 0.389. The highest BCUT2D eigenvalue weighted by Crippen LogP contribution is 2.25. The lowest BCUT2D eigenvalue weighted by Crippen LogP contribution is -2.10. The van der Waals surface area contributed by atoms with Crippen LogP contribution in [0.2, 0.25) is 0 Å². The van der Waals surface area contributed by atoms with Gasteiger partial charge in [0.05, 0.1) is 12.5 Å². The van der Waals surface area contributed by atoms with Gasteiger partial charge in [0.15, 0.2) is 0 Å². The van der Waals surface area contributed by atoms with Gasteiger partial charge in [-0.15, -0.1) is 0 Å². The van der Waals surface area contributed by atoms with E-state index in [0.717, 1.165) is 30.9 Å². The first-order valence-corrected chi connectivity index (χ1v) is 10.4. The van der Waals surface area contributed by atoms with Gasteiger partial charge in [-0.05, 0) is 66.6 Å². The van der Waals surface area contributed by atoms with E-state index in [-0.39, 0.29) is 5.92 Å². The summed E-state index contributed by atoms with van der Waals surface area (Å²) in [5.74, 6) is -1.57. The molecule has 0 spiro atoms. The molecule has 0 bridgehead atoms. The summed E-state index contributed by atoms with van der Waals surface area (Å²) in [5.41, 5.74) is 3.38. The standard InChI is InChI=1S/C26H26F2O3/c1-18(26(29)30)4-5-20-8-6-19(7-9-20)3-2-16-31-23-13-10-21(11-14-23)24-15-12-22(27)17-25(24)28/h6-15,17-18H,2-5,16H2,1H3,(H,29,30)/t18-/m1/s1. The lowest BCUT2D eigenvalue weighted by Gasteiger charge is -2.09. The predicted octanol–water partition coefficient (Wildman–Crippen LogP) is 6.30. The molecule has 0 aromatic heterocycles. The molecule has 1 N–H and O–H groups in total. The van der Waals surface area contributed by atoms with Crippen molar-refractivity contribution < 1.29 is 23.4 Å². The number of carboxylic acids is 1. The molecular formula is C26H26F2O3. The molecule has 162 valence electrons. The van der Waals surface area contributed by atoms with Crippen molar-refractivity contribution in [3.8, 4) is 16.9 Å². The highest BCUT2D eigenvalue weighted by Gasteiger charge is 2.10. The number of carboxylic acid groups (broad SMARTS) is 1. The third-order valence-corrected chi connectivity index (χ3v) is 5.29. The van der Waals surface area contributed by atoms with Crippen LogP contribution < -0.4 is 4.74 Å². The van der Waals surface area contributed by atoms with Crippen molar-refractivity contribution in [3.05, 3.63) is 89.5 Å². The molecule has 3 nitrogen and oxygen atoms in total. The summed E-state index contributed by atoms with van der Waals surface area (Å²) in [7, 11) is 0. The molecule has 0 saturated carbocycles. The molecule has 3 aromatic carbocycles. The number of aryl methyl sites for hydroxylation is 2. The second-order valence-corrected chi connectivity index (χ2v) is 7.70. The highest BCUT2D eigenvalue weighted by molar-refractivity contribution is 5.69. The molecule has 0 amide bonds. The van der Waals surface area contributed by atoms with Crippen molar-refractivity contribution in [2.24, 2.45) is 5.92 Å². The molecule has 0 unspecified atom stereocenters. The van der Waals surface area contributed by atoms with Crippen molar-refractivity contribution in [1.29, 1.82) is 0 Å². The van der Waals surface area contributed by atoms with Gasteiger partial charge >= 0.3 is 5.97 Å². The number of rotatable bonds is 10. The van der Waals surface area contributed by atoms with E-state index in [1.54, 1.807) is 31.2 Å². The molecule has 3 rings (SSSR count).